The van der Waals surface area contributed by atoms with E-state index in [2.05, 4.69) is 20.3 Å². The lowest BCUT2D eigenvalue weighted by Crippen LogP contribution is -2.14. The smallest absolute Gasteiger partial charge is 0.255 e. The Morgan fingerprint density at radius 1 is 1.22 bits per heavy atom. The first-order valence-corrected chi connectivity index (χ1v) is 7.02. The van der Waals surface area contributed by atoms with Gasteiger partial charge in [-0.3, -0.25) is 9.36 Å². The highest BCUT2D eigenvalue weighted by Crippen LogP contribution is 2.15. The average Bonchev–Trinajstić information content (AvgIpc) is 3.10. The van der Waals surface area contributed by atoms with Crippen molar-refractivity contribution < 1.29 is 4.79 Å². The Kier molecular flexibility index (Phi) is 4.01. The first-order valence-electron chi connectivity index (χ1n) is 7.02. The molecule has 0 fully saturated rings. The molecular formula is C16H16N6O. The van der Waals surface area contributed by atoms with Gasteiger partial charge in [0.25, 0.3) is 5.91 Å². The van der Waals surface area contributed by atoms with Gasteiger partial charge in [-0.05, 0) is 18.2 Å². The van der Waals surface area contributed by atoms with Gasteiger partial charge in [-0.1, -0.05) is 6.07 Å². The van der Waals surface area contributed by atoms with Crippen molar-refractivity contribution >= 4 is 17.3 Å². The van der Waals surface area contributed by atoms with Crippen molar-refractivity contribution in [3.63, 3.8) is 0 Å². The second-order valence-electron chi connectivity index (χ2n) is 5.14. The molecule has 0 spiro atoms. The van der Waals surface area contributed by atoms with Gasteiger partial charge in [-0.15, -0.1) is 0 Å². The largest absolute Gasteiger partial charge is 0.378 e. The number of aromatic nitrogens is 4. The highest BCUT2D eigenvalue weighted by molar-refractivity contribution is 6.04. The summed E-state index contributed by atoms with van der Waals surface area (Å²) in [7, 11) is 3.86. The maximum Gasteiger partial charge on any atom is 0.255 e. The van der Waals surface area contributed by atoms with Crippen LogP contribution >= 0.6 is 0 Å². The summed E-state index contributed by atoms with van der Waals surface area (Å²) in [6.07, 6.45) is 8.14. The van der Waals surface area contributed by atoms with Gasteiger partial charge < -0.3 is 10.2 Å². The van der Waals surface area contributed by atoms with E-state index < -0.39 is 0 Å². The number of benzene rings is 1. The number of carbonyl (C=O) groups is 1. The van der Waals surface area contributed by atoms with Gasteiger partial charge in [0.05, 0.1) is 18.1 Å². The van der Waals surface area contributed by atoms with Crippen LogP contribution in [0.15, 0.2) is 55.4 Å². The third kappa shape index (κ3) is 3.34. The summed E-state index contributed by atoms with van der Waals surface area (Å²) in [5.74, 6) is 0.294. The summed E-state index contributed by atoms with van der Waals surface area (Å²) in [4.78, 5) is 26.6. The van der Waals surface area contributed by atoms with Gasteiger partial charge in [-0.2, -0.15) is 0 Å². The van der Waals surface area contributed by atoms with Gasteiger partial charge in [0.1, 0.15) is 6.33 Å². The minimum atomic E-state index is -0.201. The second-order valence-corrected chi connectivity index (χ2v) is 5.14. The molecule has 0 saturated carbocycles. The Hall–Kier alpha value is -3.22. The van der Waals surface area contributed by atoms with Gasteiger partial charge in [0, 0.05) is 37.7 Å². The normalized spacial score (nSPS) is 10.3. The number of imidazole rings is 1. The molecule has 0 aliphatic heterocycles. The van der Waals surface area contributed by atoms with E-state index >= 15 is 0 Å². The molecule has 1 N–H and O–H groups in total. The number of rotatable bonds is 4. The Labute approximate surface area is 133 Å². The van der Waals surface area contributed by atoms with Crippen molar-refractivity contribution in [2.45, 2.75) is 0 Å². The maximum atomic E-state index is 12.3. The predicted molar refractivity (Wildman–Crippen MR) is 87.9 cm³/mol. The monoisotopic (exact) mass is 308 g/mol. The number of nitrogens with zero attached hydrogens (tertiary/aromatic N) is 5. The summed E-state index contributed by atoms with van der Waals surface area (Å²) in [5.41, 5.74) is 2.08. The molecule has 1 amide bonds. The zero-order valence-electron chi connectivity index (χ0n) is 12.8. The maximum absolute atomic E-state index is 12.3. The van der Waals surface area contributed by atoms with Crippen LogP contribution in [0.3, 0.4) is 0 Å². The minimum absolute atomic E-state index is 0.201. The van der Waals surface area contributed by atoms with Crippen molar-refractivity contribution in [3.05, 3.63) is 60.9 Å². The zero-order valence-corrected chi connectivity index (χ0v) is 12.8. The Balaban J connectivity index is 1.74. The lowest BCUT2D eigenvalue weighted by Gasteiger charge is -2.13. The van der Waals surface area contributed by atoms with E-state index in [0.717, 1.165) is 5.69 Å². The molecule has 7 heteroatoms. The SMILES string of the molecule is CN(C)c1cccc(C(=O)Nc2cnc(-n3ccnc3)nc2)c1. The van der Waals surface area contributed by atoms with Crippen molar-refractivity contribution in [1.82, 2.24) is 19.5 Å². The fraction of sp³-hybridized carbons (Fsp3) is 0.125. The topological polar surface area (TPSA) is 75.9 Å². The summed E-state index contributed by atoms with van der Waals surface area (Å²) in [6.45, 7) is 0. The van der Waals surface area contributed by atoms with Gasteiger partial charge in [-0.25, -0.2) is 15.0 Å². The Bertz CT molecular complexity index is 796. The summed E-state index contributed by atoms with van der Waals surface area (Å²) in [5, 5.41) is 2.79. The van der Waals surface area contributed by atoms with E-state index in [1.807, 2.05) is 37.2 Å². The highest BCUT2D eigenvalue weighted by Gasteiger charge is 2.08. The molecule has 3 rings (SSSR count). The first-order chi connectivity index (χ1) is 11.1. The zero-order chi connectivity index (χ0) is 16.2. The molecule has 23 heavy (non-hydrogen) atoms. The van der Waals surface area contributed by atoms with Gasteiger partial charge in [0.2, 0.25) is 5.95 Å². The quantitative estimate of drug-likeness (QED) is 0.797. The number of carbonyl (C=O) groups excluding carboxylic acids is 1. The number of hydrogen-bond acceptors (Lipinski definition) is 5. The lowest BCUT2D eigenvalue weighted by atomic mass is 10.2. The summed E-state index contributed by atoms with van der Waals surface area (Å²) < 4.78 is 1.69. The molecule has 0 aliphatic rings. The molecule has 2 heterocycles. The van der Waals surface area contributed by atoms with Crippen LogP contribution in [0, 0.1) is 0 Å². The molecule has 0 atom stereocenters. The lowest BCUT2D eigenvalue weighted by molar-refractivity contribution is 0.102. The van der Waals surface area contributed by atoms with Crippen LogP contribution in [0.4, 0.5) is 11.4 Å². The van der Waals surface area contributed by atoms with Crippen LogP contribution in [0.2, 0.25) is 0 Å². The number of anilines is 2. The Morgan fingerprint density at radius 3 is 2.65 bits per heavy atom. The van der Waals surface area contributed by atoms with Crippen LogP contribution in [-0.4, -0.2) is 39.5 Å². The molecule has 2 aromatic heterocycles. The molecule has 1 aromatic carbocycles. The molecule has 116 valence electrons. The molecule has 0 radical (unpaired) electrons. The average molecular weight is 308 g/mol. The van der Waals surface area contributed by atoms with E-state index in [1.54, 1.807) is 41.7 Å². The van der Waals surface area contributed by atoms with Crippen molar-refractivity contribution in [2.24, 2.45) is 0 Å². The van der Waals surface area contributed by atoms with Crippen LogP contribution < -0.4 is 10.2 Å². The van der Waals surface area contributed by atoms with Crippen LogP contribution in [0.5, 0.6) is 0 Å². The molecule has 7 nitrogen and oxygen atoms in total. The van der Waals surface area contributed by atoms with E-state index in [9.17, 15) is 4.79 Å². The highest BCUT2D eigenvalue weighted by atomic mass is 16.1. The van der Waals surface area contributed by atoms with Crippen LogP contribution in [0.1, 0.15) is 10.4 Å². The van der Waals surface area contributed by atoms with Crippen LogP contribution in [0.25, 0.3) is 5.95 Å². The predicted octanol–water partition coefficient (Wildman–Crippen LogP) is 1.98. The van der Waals surface area contributed by atoms with E-state index in [4.69, 9.17) is 0 Å². The molecule has 3 aromatic rings. The number of amides is 1. The van der Waals surface area contributed by atoms with Crippen molar-refractivity contribution in [2.75, 3.05) is 24.3 Å². The third-order valence-corrected chi connectivity index (χ3v) is 3.26. The van der Waals surface area contributed by atoms with Gasteiger partial charge >= 0.3 is 0 Å². The Morgan fingerprint density at radius 2 is 2.00 bits per heavy atom. The summed E-state index contributed by atoms with van der Waals surface area (Å²) >= 11 is 0. The third-order valence-electron chi connectivity index (χ3n) is 3.26. The molecule has 0 bridgehead atoms. The molecule has 0 unspecified atom stereocenters. The number of hydrogen-bond donors (Lipinski definition) is 1. The van der Waals surface area contributed by atoms with Crippen LogP contribution in [-0.2, 0) is 0 Å². The van der Waals surface area contributed by atoms with Crippen molar-refractivity contribution in [1.29, 1.82) is 0 Å². The van der Waals surface area contributed by atoms with E-state index in [-0.39, 0.29) is 5.91 Å². The molecular weight excluding hydrogens is 292 g/mol. The van der Waals surface area contributed by atoms with Gasteiger partial charge in [0.15, 0.2) is 0 Å². The second kappa shape index (κ2) is 6.27. The minimum Gasteiger partial charge on any atom is -0.378 e. The van der Waals surface area contributed by atoms with E-state index in [0.29, 0.717) is 17.2 Å². The number of nitrogens with one attached hydrogen (secondary N) is 1. The fourth-order valence-corrected chi connectivity index (χ4v) is 2.03. The molecule has 0 saturated heterocycles. The van der Waals surface area contributed by atoms with E-state index in [1.165, 1.54) is 0 Å². The standard InChI is InChI=1S/C16H16N6O/c1-21(2)14-5-3-4-12(8-14)15(23)20-13-9-18-16(19-10-13)22-7-6-17-11-22/h3-11H,1-2H3,(H,20,23). The van der Waals surface area contributed by atoms with Crippen molar-refractivity contribution in [3.8, 4) is 5.95 Å². The fourth-order valence-electron chi connectivity index (χ4n) is 2.03. The summed E-state index contributed by atoms with van der Waals surface area (Å²) in [6, 6.07) is 7.39. The molecule has 0 aliphatic carbocycles. The first kappa shape index (κ1) is 14.7.